The third-order valence-corrected chi connectivity index (χ3v) is 4.17. The van der Waals surface area contributed by atoms with Gasteiger partial charge in [0, 0.05) is 6.04 Å². The van der Waals surface area contributed by atoms with E-state index in [4.69, 9.17) is 10.5 Å². The molecule has 0 saturated heterocycles. The molecule has 1 rings (SSSR count). The summed E-state index contributed by atoms with van der Waals surface area (Å²) in [6, 6.07) is 0.119. The van der Waals surface area contributed by atoms with Crippen molar-refractivity contribution in [3.05, 3.63) is 0 Å². The summed E-state index contributed by atoms with van der Waals surface area (Å²) in [6.07, 6.45) is 3.11. The molecule has 1 aliphatic rings. The number of carboxylic acid groups (broad SMARTS) is 1. The molecule has 0 amide bonds. The quantitative estimate of drug-likeness (QED) is 0.611. The Morgan fingerprint density at radius 3 is 2.05 bits per heavy atom. The summed E-state index contributed by atoms with van der Waals surface area (Å²) in [5.74, 6) is -1.88. The summed E-state index contributed by atoms with van der Waals surface area (Å²) in [5, 5.41) is 9.68. The summed E-state index contributed by atoms with van der Waals surface area (Å²) < 4.78 is 5.38. The molecule has 0 bridgehead atoms. The average Bonchev–Trinajstić information content (AvgIpc) is 2.30. The minimum absolute atomic E-state index is 0.119. The second kappa shape index (κ2) is 6.12. The Morgan fingerprint density at radius 2 is 1.70 bits per heavy atom. The topological polar surface area (TPSA) is 89.6 Å². The van der Waals surface area contributed by atoms with Crippen molar-refractivity contribution in [2.75, 3.05) is 0 Å². The van der Waals surface area contributed by atoms with Crippen LogP contribution in [0.15, 0.2) is 0 Å². The van der Waals surface area contributed by atoms with E-state index >= 15 is 0 Å². The lowest BCUT2D eigenvalue weighted by atomic mass is 9.66. The monoisotopic (exact) mass is 285 g/mol. The van der Waals surface area contributed by atoms with Gasteiger partial charge in [-0.3, -0.25) is 9.59 Å². The lowest BCUT2D eigenvalue weighted by Crippen LogP contribution is -2.50. The molecule has 1 saturated carbocycles. The van der Waals surface area contributed by atoms with Crippen molar-refractivity contribution in [2.24, 2.45) is 17.1 Å². The van der Waals surface area contributed by atoms with Crippen molar-refractivity contribution >= 4 is 11.9 Å². The van der Waals surface area contributed by atoms with Crippen LogP contribution in [0.4, 0.5) is 0 Å². The van der Waals surface area contributed by atoms with Crippen molar-refractivity contribution in [3.8, 4) is 0 Å². The third-order valence-electron chi connectivity index (χ3n) is 4.17. The summed E-state index contributed by atoms with van der Waals surface area (Å²) >= 11 is 0. The largest absolute Gasteiger partial charge is 0.480 e. The first-order valence-electron chi connectivity index (χ1n) is 7.36. The fourth-order valence-corrected chi connectivity index (χ4v) is 2.99. The highest BCUT2D eigenvalue weighted by molar-refractivity contribution is 5.99. The molecule has 0 aromatic carbocycles. The van der Waals surface area contributed by atoms with E-state index in [1.165, 1.54) is 0 Å². The molecule has 116 valence electrons. The predicted octanol–water partition coefficient (Wildman–Crippen LogP) is 2.33. The minimum atomic E-state index is -1.44. The van der Waals surface area contributed by atoms with Gasteiger partial charge in [0.25, 0.3) is 0 Å². The van der Waals surface area contributed by atoms with E-state index < -0.39 is 23.0 Å². The zero-order valence-electron chi connectivity index (χ0n) is 12.9. The van der Waals surface area contributed by atoms with Crippen LogP contribution >= 0.6 is 0 Å². The number of hydrogen-bond donors (Lipinski definition) is 2. The number of esters is 1. The van der Waals surface area contributed by atoms with Crippen molar-refractivity contribution in [3.63, 3.8) is 0 Å². The summed E-state index contributed by atoms with van der Waals surface area (Å²) in [7, 11) is 0. The molecule has 0 aromatic heterocycles. The van der Waals surface area contributed by atoms with Gasteiger partial charge in [-0.25, -0.2) is 0 Å². The normalized spacial score (nSPS) is 26.6. The van der Waals surface area contributed by atoms with Crippen LogP contribution in [0.5, 0.6) is 0 Å². The molecule has 0 spiro atoms. The van der Waals surface area contributed by atoms with E-state index in [9.17, 15) is 14.7 Å². The van der Waals surface area contributed by atoms with Gasteiger partial charge in [0.15, 0.2) is 5.41 Å². The van der Waals surface area contributed by atoms with E-state index in [1.54, 1.807) is 27.7 Å². The second-order valence-electron chi connectivity index (χ2n) is 6.74. The number of nitrogens with two attached hydrogens (primary N) is 1. The molecule has 5 nitrogen and oxygen atoms in total. The van der Waals surface area contributed by atoms with Crippen LogP contribution in [-0.2, 0) is 14.3 Å². The SMILES string of the molecule is CCC(C(=O)O)(C(=O)OC(C)(C)C)C1CCC(N)CC1. The van der Waals surface area contributed by atoms with Crippen LogP contribution in [-0.4, -0.2) is 28.7 Å². The van der Waals surface area contributed by atoms with Gasteiger partial charge in [0.05, 0.1) is 0 Å². The van der Waals surface area contributed by atoms with Gasteiger partial charge in [-0.05, 0) is 58.8 Å². The number of aliphatic carboxylic acids is 1. The van der Waals surface area contributed by atoms with Crippen LogP contribution in [0.1, 0.15) is 59.8 Å². The van der Waals surface area contributed by atoms with Gasteiger partial charge >= 0.3 is 11.9 Å². The van der Waals surface area contributed by atoms with Gasteiger partial charge in [0.1, 0.15) is 5.60 Å². The number of rotatable bonds is 4. The summed E-state index contributed by atoms with van der Waals surface area (Å²) in [5.41, 5.74) is 3.75. The number of carbonyl (C=O) groups excluding carboxylic acids is 1. The minimum Gasteiger partial charge on any atom is -0.480 e. The van der Waals surface area contributed by atoms with E-state index in [0.29, 0.717) is 12.8 Å². The molecular weight excluding hydrogens is 258 g/mol. The predicted molar refractivity (Wildman–Crippen MR) is 76.1 cm³/mol. The fraction of sp³-hybridized carbons (Fsp3) is 0.867. The molecule has 1 unspecified atom stereocenters. The highest BCUT2D eigenvalue weighted by Crippen LogP contribution is 2.43. The van der Waals surface area contributed by atoms with Gasteiger partial charge in [-0.1, -0.05) is 6.92 Å². The summed E-state index contributed by atoms with van der Waals surface area (Å²) in [4.78, 5) is 24.3. The van der Waals surface area contributed by atoms with Crippen molar-refractivity contribution in [2.45, 2.75) is 71.4 Å². The highest BCUT2D eigenvalue weighted by atomic mass is 16.6. The molecule has 20 heavy (non-hydrogen) atoms. The first-order valence-corrected chi connectivity index (χ1v) is 7.36. The van der Waals surface area contributed by atoms with Crippen molar-refractivity contribution in [1.82, 2.24) is 0 Å². The van der Waals surface area contributed by atoms with Crippen LogP contribution in [0.3, 0.4) is 0 Å². The number of ether oxygens (including phenoxy) is 1. The van der Waals surface area contributed by atoms with Gasteiger partial charge in [-0.2, -0.15) is 0 Å². The maximum absolute atomic E-state index is 12.5. The Hall–Kier alpha value is -1.10. The first kappa shape index (κ1) is 17.0. The number of carbonyl (C=O) groups is 2. The third kappa shape index (κ3) is 3.51. The number of carboxylic acids is 1. The van der Waals surface area contributed by atoms with E-state index in [2.05, 4.69) is 0 Å². The summed E-state index contributed by atoms with van der Waals surface area (Å²) in [6.45, 7) is 7.00. The van der Waals surface area contributed by atoms with E-state index in [1.807, 2.05) is 0 Å². The number of hydrogen-bond acceptors (Lipinski definition) is 4. The van der Waals surface area contributed by atoms with Crippen LogP contribution in [0.2, 0.25) is 0 Å². The Bertz CT molecular complexity index is 367. The molecule has 0 aromatic rings. The zero-order chi connectivity index (χ0) is 15.6. The molecular formula is C15H27NO4. The van der Waals surface area contributed by atoms with Crippen LogP contribution < -0.4 is 5.73 Å². The van der Waals surface area contributed by atoms with E-state index in [-0.39, 0.29) is 18.4 Å². The van der Waals surface area contributed by atoms with Crippen LogP contribution in [0.25, 0.3) is 0 Å². The maximum Gasteiger partial charge on any atom is 0.324 e. The lowest BCUT2D eigenvalue weighted by molar-refractivity contribution is -0.183. The molecule has 0 radical (unpaired) electrons. The second-order valence-corrected chi connectivity index (χ2v) is 6.74. The zero-order valence-corrected chi connectivity index (χ0v) is 12.9. The van der Waals surface area contributed by atoms with Crippen molar-refractivity contribution in [1.29, 1.82) is 0 Å². The van der Waals surface area contributed by atoms with Gasteiger partial charge in [-0.15, -0.1) is 0 Å². The standard InChI is InChI=1S/C15H27NO4/c1-5-15(12(17)18,13(19)20-14(2,3)4)10-6-8-11(16)9-7-10/h10-11H,5-9,16H2,1-4H3,(H,17,18). The fourth-order valence-electron chi connectivity index (χ4n) is 2.99. The first-order chi connectivity index (χ1) is 9.13. The Labute approximate surface area is 120 Å². The van der Waals surface area contributed by atoms with Gasteiger partial charge in [0.2, 0.25) is 0 Å². The molecule has 0 heterocycles. The Morgan fingerprint density at radius 1 is 1.20 bits per heavy atom. The molecule has 1 aliphatic carbocycles. The van der Waals surface area contributed by atoms with Gasteiger partial charge < -0.3 is 15.6 Å². The smallest absolute Gasteiger partial charge is 0.324 e. The van der Waals surface area contributed by atoms with Crippen molar-refractivity contribution < 1.29 is 19.4 Å². The maximum atomic E-state index is 12.5. The average molecular weight is 285 g/mol. The highest BCUT2D eigenvalue weighted by Gasteiger charge is 2.53. The molecule has 5 heteroatoms. The molecule has 1 atom stereocenters. The molecule has 1 fully saturated rings. The molecule has 0 aliphatic heterocycles. The molecule has 3 N–H and O–H groups in total. The Balaban J connectivity index is 3.03. The van der Waals surface area contributed by atoms with Crippen LogP contribution in [0, 0.1) is 11.3 Å². The van der Waals surface area contributed by atoms with E-state index in [0.717, 1.165) is 12.8 Å². The Kier molecular flexibility index (Phi) is 5.19. The lowest BCUT2D eigenvalue weighted by Gasteiger charge is -2.39.